The Kier molecular flexibility index (Phi) is 4.49. The number of ether oxygens (including phenoxy) is 1. The molecule has 0 aliphatic carbocycles. The van der Waals surface area contributed by atoms with Crippen molar-refractivity contribution in [3.8, 4) is 5.75 Å². The van der Waals surface area contributed by atoms with Gasteiger partial charge in [-0.3, -0.25) is 14.9 Å². The number of amides is 1. The van der Waals surface area contributed by atoms with Gasteiger partial charge in [-0.1, -0.05) is 15.9 Å². The van der Waals surface area contributed by atoms with Crippen LogP contribution in [0.5, 0.6) is 5.75 Å². The number of nitro benzene ring substituents is 1. The number of aromatic nitrogens is 1. The number of anilines is 1. The van der Waals surface area contributed by atoms with E-state index in [1.807, 2.05) is 0 Å². The summed E-state index contributed by atoms with van der Waals surface area (Å²) in [7, 11) is 1.34. The number of nitrogens with one attached hydrogen (secondary N) is 1. The first-order valence-corrected chi connectivity index (χ1v) is 6.56. The molecule has 0 fully saturated rings. The zero-order chi connectivity index (χ0) is 15.4. The van der Waals surface area contributed by atoms with Gasteiger partial charge in [-0.25, -0.2) is 4.98 Å². The average molecular weight is 352 g/mol. The molecule has 2 rings (SSSR count). The smallest absolute Gasteiger partial charge is 0.273 e. The van der Waals surface area contributed by atoms with Gasteiger partial charge in [0.15, 0.2) is 0 Å². The molecule has 0 aliphatic heterocycles. The number of benzene rings is 1. The van der Waals surface area contributed by atoms with Crippen molar-refractivity contribution in [1.29, 1.82) is 0 Å². The number of carbonyl (C=O) groups is 1. The van der Waals surface area contributed by atoms with Crippen molar-refractivity contribution in [3.05, 3.63) is 56.7 Å². The monoisotopic (exact) mass is 351 g/mol. The summed E-state index contributed by atoms with van der Waals surface area (Å²) in [6.07, 6.45) is 1.53. The maximum atomic E-state index is 12.2. The van der Waals surface area contributed by atoms with E-state index in [-0.39, 0.29) is 17.0 Å². The topological polar surface area (TPSA) is 94.4 Å². The van der Waals surface area contributed by atoms with Gasteiger partial charge in [-0.15, -0.1) is 0 Å². The minimum Gasteiger partial charge on any atom is -0.496 e. The number of hydrogen-bond acceptors (Lipinski definition) is 5. The highest BCUT2D eigenvalue weighted by Gasteiger charge is 2.17. The molecule has 108 valence electrons. The average Bonchev–Trinajstić information content (AvgIpc) is 2.46. The van der Waals surface area contributed by atoms with Crippen molar-refractivity contribution >= 4 is 33.3 Å². The minimum atomic E-state index is -0.555. The Morgan fingerprint density at radius 1 is 1.38 bits per heavy atom. The van der Waals surface area contributed by atoms with E-state index in [4.69, 9.17) is 4.74 Å². The summed E-state index contributed by atoms with van der Waals surface area (Å²) in [5.74, 6) is 0.0128. The van der Waals surface area contributed by atoms with Crippen LogP contribution in [0.3, 0.4) is 0 Å². The van der Waals surface area contributed by atoms with Crippen LogP contribution in [0, 0.1) is 10.1 Å². The highest BCUT2D eigenvalue weighted by molar-refractivity contribution is 9.10. The number of nitro groups is 1. The first-order chi connectivity index (χ1) is 10.0. The van der Waals surface area contributed by atoms with E-state index in [2.05, 4.69) is 26.2 Å². The molecular formula is C13H10BrN3O4. The van der Waals surface area contributed by atoms with Gasteiger partial charge in [0.05, 0.1) is 23.7 Å². The second kappa shape index (κ2) is 6.31. The Morgan fingerprint density at radius 3 is 2.76 bits per heavy atom. The van der Waals surface area contributed by atoms with Crippen LogP contribution in [0.2, 0.25) is 0 Å². The molecular weight excluding hydrogens is 342 g/mol. The fourth-order valence-electron chi connectivity index (χ4n) is 1.64. The fraction of sp³-hybridized carbons (Fsp3) is 0.0769. The molecule has 0 aliphatic rings. The second-order valence-electron chi connectivity index (χ2n) is 3.96. The highest BCUT2D eigenvalue weighted by Crippen LogP contribution is 2.25. The van der Waals surface area contributed by atoms with Crippen LogP contribution in [-0.2, 0) is 0 Å². The number of non-ortho nitro benzene ring substituents is 1. The Labute approximate surface area is 128 Å². The Balaban J connectivity index is 2.28. The van der Waals surface area contributed by atoms with Crippen LogP contribution in [0.15, 0.2) is 41.0 Å². The van der Waals surface area contributed by atoms with Crippen molar-refractivity contribution in [2.24, 2.45) is 0 Å². The lowest BCUT2D eigenvalue weighted by atomic mass is 10.1. The van der Waals surface area contributed by atoms with Crippen LogP contribution in [0.4, 0.5) is 11.5 Å². The lowest BCUT2D eigenvalue weighted by molar-refractivity contribution is -0.384. The molecule has 0 atom stereocenters. The fourth-order valence-corrected chi connectivity index (χ4v) is 1.97. The van der Waals surface area contributed by atoms with Gasteiger partial charge in [0.2, 0.25) is 0 Å². The van der Waals surface area contributed by atoms with E-state index < -0.39 is 10.8 Å². The van der Waals surface area contributed by atoms with Gasteiger partial charge in [0.1, 0.15) is 11.6 Å². The molecule has 0 radical (unpaired) electrons. The first kappa shape index (κ1) is 14.9. The zero-order valence-electron chi connectivity index (χ0n) is 10.9. The quantitative estimate of drug-likeness (QED) is 0.674. The SMILES string of the molecule is COc1cc([N+](=O)[O-])ccc1C(=O)Nc1cc(Br)ccn1. The first-order valence-electron chi connectivity index (χ1n) is 5.76. The third-order valence-corrected chi connectivity index (χ3v) is 3.10. The summed E-state index contributed by atoms with van der Waals surface area (Å²) in [4.78, 5) is 26.3. The predicted octanol–water partition coefficient (Wildman–Crippen LogP) is 3.01. The Bertz CT molecular complexity index is 706. The summed E-state index contributed by atoms with van der Waals surface area (Å²) in [5.41, 5.74) is 0.0360. The molecule has 8 heteroatoms. The van der Waals surface area contributed by atoms with E-state index in [0.29, 0.717) is 5.82 Å². The van der Waals surface area contributed by atoms with Crippen LogP contribution in [0.25, 0.3) is 0 Å². The number of methoxy groups -OCH3 is 1. The standard InChI is InChI=1S/C13H10BrN3O4/c1-21-11-7-9(17(19)20)2-3-10(11)13(18)16-12-6-8(14)4-5-15-12/h2-7H,1H3,(H,15,16,18). The molecule has 0 saturated carbocycles. The predicted molar refractivity (Wildman–Crippen MR) is 79.5 cm³/mol. The molecule has 1 aromatic heterocycles. The largest absolute Gasteiger partial charge is 0.496 e. The number of nitrogens with zero attached hydrogens (tertiary/aromatic N) is 2. The third kappa shape index (κ3) is 3.54. The zero-order valence-corrected chi connectivity index (χ0v) is 12.5. The maximum Gasteiger partial charge on any atom is 0.273 e. The van der Waals surface area contributed by atoms with E-state index >= 15 is 0 Å². The summed E-state index contributed by atoms with van der Waals surface area (Å²) < 4.78 is 5.79. The van der Waals surface area contributed by atoms with Gasteiger partial charge >= 0.3 is 0 Å². The molecule has 1 heterocycles. The van der Waals surface area contributed by atoms with Gasteiger partial charge in [-0.2, -0.15) is 0 Å². The van der Waals surface area contributed by atoms with E-state index in [9.17, 15) is 14.9 Å². The molecule has 0 spiro atoms. The summed E-state index contributed by atoms with van der Waals surface area (Å²) in [6.45, 7) is 0. The molecule has 0 unspecified atom stereocenters. The maximum absolute atomic E-state index is 12.2. The minimum absolute atomic E-state index is 0.122. The Morgan fingerprint density at radius 2 is 2.14 bits per heavy atom. The van der Waals surface area contributed by atoms with Crippen LogP contribution >= 0.6 is 15.9 Å². The van der Waals surface area contributed by atoms with Crippen molar-refractivity contribution < 1.29 is 14.5 Å². The van der Waals surface area contributed by atoms with Gasteiger partial charge < -0.3 is 10.1 Å². The van der Waals surface area contributed by atoms with Crippen LogP contribution in [-0.4, -0.2) is 22.9 Å². The highest BCUT2D eigenvalue weighted by atomic mass is 79.9. The lowest BCUT2D eigenvalue weighted by Crippen LogP contribution is -2.14. The molecule has 21 heavy (non-hydrogen) atoms. The number of carbonyl (C=O) groups excluding carboxylic acids is 1. The lowest BCUT2D eigenvalue weighted by Gasteiger charge is -2.08. The van der Waals surface area contributed by atoms with Gasteiger partial charge in [-0.05, 0) is 18.2 Å². The second-order valence-corrected chi connectivity index (χ2v) is 4.87. The summed E-state index contributed by atoms with van der Waals surface area (Å²) in [5, 5.41) is 13.3. The van der Waals surface area contributed by atoms with E-state index in [0.717, 1.165) is 4.47 Å². The van der Waals surface area contributed by atoms with Gasteiger partial charge in [0.25, 0.3) is 11.6 Å². The normalized spacial score (nSPS) is 10.0. The number of rotatable bonds is 4. The molecule has 0 saturated heterocycles. The van der Waals surface area contributed by atoms with Crippen molar-refractivity contribution in [1.82, 2.24) is 4.98 Å². The number of halogens is 1. The number of hydrogen-bond donors (Lipinski definition) is 1. The molecule has 7 nitrogen and oxygen atoms in total. The summed E-state index contributed by atoms with van der Waals surface area (Å²) in [6, 6.07) is 7.14. The van der Waals surface area contributed by atoms with Crippen LogP contribution in [0.1, 0.15) is 10.4 Å². The molecule has 1 aromatic carbocycles. The molecule has 0 bridgehead atoms. The van der Waals surface area contributed by atoms with Crippen molar-refractivity contribution in [3.63, 3.8) is 0 Å². The van der Waals surface area contributed by atoms with E-state index in [1.54, 1.807) is 12.1 Å². The van der Waals surface area contributed by atoms with E-state index in [1.165, 1.54) is 31.5 Å². The van der Waals surface area contributed by atoms with Gasteiger partial charge in [0, 0.05) is 16.7 Å². The number of pyridine rings is 1. The van der Waals surface area contributed by atoms with Crippen molar-refractivity contribution in [2.45, 2.75) is 0 Å². The Hall–Kier alpha value is -2.48. The molecule has 2 aromatic rings. The van der Waals surface area contributed by atoms with Crippen molar-refractivity contribution in [2.75, 3.05) is 12.4 Å². The summed E-state index contributed by atoms with van der Waals surface area (Å²) >= 11 is 3.27. The van der Waals surface area contributed by atoms with Crippen LogP contribution < -0.4 is 10.1 Å². The molecule has 1 N–H and O–H groups in total. The third-order valence-electron chi connectivity index (χ3n) is 2.60. The molecule has 1 amide bonds.